The Morgan fingerprint density at radius 2 is 1.79 bits per heavy atom. The van der Waals surface area contributed by atoms with Crippen molar-refractivity contribution in [1.82, 2.24) is 5.32 Å². The van der Waals surface area contributed by atoms with Crippen molar-refractivity contribution in [1.29, 1.82) is 0 Å². The van der Waals surface area contributed by atoms with Crippen molar-refractivity contribution < 1.29 is 24.2 Å². The van der Waals surface area contributed by atoms with Gasteiger partial charge in [0.1, 0.15) is 6.61 Å². The number of cyclic esters (lactones) is 1. The van der Waals surface area contributed by atoms with Crippen LogP contribution in [0.15, 0.2) is 106 Å². The number of hydrogen-bond acceptors (Lipinski definition) is 9. The van der Waals surface area contributed by atoms with Crippen LogP contribution in [0.1, 0.15) is 60.8 Å². The summed E-state index contributed by atoms with van der Waals surface area (Å²) >= 11 is 0. The molecule has 9 nitrogen and oxygen atoms in total. The number of esters is 2. The molecule has 0 unspecified atom stereocenters. The fraction of sp³-hybridized carbons (Fsp3) is 0.382. The topological polar surface area (TPSA) is 122 Å². The first kappa shape index (κ1) is 28.6. The third-order valence-electron chi connectivity index (χ3n) is 9.22. The second kappa shape index (κ2) is 10.6. The average Bonchev–Trinajstić information content (AvgIpc) is 3.65. The normalized spacial score (nSPS) is 25.7. The molecule has 222 valence electrons. The Labute approximate surface area is 251 Å². The third-order valence-corrected chi connectivity index (χ3v) is 9.22. The quantitative estimate of drug-likeness (QED) is 0.321. The number of ether oxygens (including phenoxy) is 2. The van der Waals surface area contributed by atoms with Gasteiger partial charge in [0.2, 0.25) is 0 Å². The van der Waals surface area contributed by atoms with Crippen LogP contribution in [0.2, 0.25) is 0 Å². The van der Waals surface area contributed by atoms with Crippen molar-refractivity contribution in [2.24, 2.45) is 26.8 Å². The number of hydrogen-bond donors (Lipinski definition) is 2. The predicted octanol–water partition coefficient (Wildman–Crippen LogP) is 5.78. The summed E-state index contributed by atoms with van der Waals surface area (Å²) in [6.07, 6.45) is 7.45. The van der Waals surface area contributed by atoms with E-state index >= 15 is 0 Å². The van der Waals surface area contributed by atoms with Gasteiger partial charge in [0.05, 0.1) is 52.7 Å². The summed E-state index contributed by atoms with van der Waals surface area (Å²) in [5, 5.41) is 14.4. The summed E-state index contributed by atoms with van der Waals surface area (Å²) in [6.45, 7) is 11.9. The molecule has 0 amide bonds. The zero-order valence-electron chi connectivity index (χ0n) is 25.6. The van der Waals surface area contributed by atoms with Gasteiger partial charge in [-0.25, -0.2) is 19.8 Å². The van der Waals surface area contributed by atoms with E-state index in [2.05, 4.69) is 19.2 Å². The molecule has 0 saturated carbocycles. The third kappa shape index (κ3) is 4.58. The zero-order chi connectivity index (χ0) is 30.7. The minimum absolute atomic E-state index is 0.00887. The van der Waals surface area contributed by atoms with Crippen molar-refractivity contribution in [2.45, 2.75) is 60.8 Å². The van der Waals surface area contributed by atoms with E-state index < -0.39 is 5.97 Å². The van der Waals surface area contributed by atoms with E-state index in [-0.39, 0.29) is 36.6 Å². The van der Waals surface area contributed by atoms with Crippen LogP contribution in [0, 0.1) is 11.8 Å². The molecule has 6 aliphatic heterocycles. The highest BCUT2D eigenvalue weighted by Gasteiger charge is 2.42. The summed E-state index contributed by atoms with van der Waals surface area (Å²) in [4.78, 5) is 40.3. The lowest BCUT2D eigenvalue weighted by atomic mass is 9.85. The molecule has 43 heavy (non-hydrogen) atoms. The van der Waals surface area contributed by atoms with E-state index in [9.17, 15) is 14.7 Å². The fourth-order valence-electron chi connectivity index (χ4n) is 6.76. The van der Waals surface area contributed by atoms with Crippen LogP contribution in [0.5, 0.6) is 0 Å². The summed E-state index contributed by atoms with van der Waals surface area (Å²) in [6, 6.07) is 0. The molecule has 2 fully saturated rings. The number of rotatable bonds is 4. The smallest absolute Gasteiger partial charge is 0.341 e. The van der Waals surface area contributed by atoms with Gasteiger partial charge in [0.25, 0.3) is 0 Å². The summed E-state index contributed by atoms with van der Waals surface area (Å²) in [5.74, 6) is -0.566. The number of carbonyl (C=O) groups is 2. The van der Waals surface area contributed by atoms with Gasteiger partial charge in [-0.2, -0.15) is 0 Å². The number of aliphatic imine (C=N–C) groups is 3. The summed E-state index contributed by atoms with van der Waals surface area (Å²) in [7, 11) is 1.39. The van der Waals surface area contributed by atoms with Gasteiger partial charge < -0.3 is 19.9 Å². The van der Waals surface area contributed by atoms with E-state index in [1.165, 1.54) is 7.11 Å². The monoisotopic (exact) mass is 580 g/mol. The molecule has 0 radical (unpaired) electrons. The van der Waals surface area contributed by atoms with Gasteiger partial charge >= 0.3 is 11.9 Å². The molecule has 0 spiro atoms. The highest BCUT2D eigenvalue weighted by molar-refractivity contribution is 6.31. The first-order valence-electron chi connectivity index (χ1n) is 14.7. The van der Waals surface area contributed by atoms with E-state index in [1.54, 1.807) is 6.92 Å². The van der Waals surface area contributed by atoms with Gasteiger partial charge in [-0.3, -0.25) is 4.79 Å². The number of methoxy groups -OCH3 is 1. The van der Waals surface area contributed by atoms with E-state index in [0.29, 0.717) is 34.7 Å². The molecule has 2 atom stereocenters. The highest BCUT2D eigenvalue weighted by atomic mass is 16.5. The van der Waals surface area contributed by atoms with Crippen LogP contribution >= 0.6 is 0 Å². The van der Waals surface area contributed by atoms with Crippen LogP contribution in [-0.2, 0) is 19.1 Å². The molecule has 2 saturated heterocycles. The molecule has 0 aromatic rings. The van der Waals surface area contributed by atoms with Gasteiger partial charge in [-0.05, 0) is 81.1 Å². The lowest BCUT2D eigenvalue weighted by molar-refractivity contribution is -0.141. The van der Waals surface area contributed by atoms with Crippen molar-refractivity contribution in [3.05, 3.63) is 91.5 Å². The number of allylic oxidation sites excluding steroid dienone is 11. The summed E-state index contributed by atoms with van der Waals surface area (Å²) in [5.41, 5.74) is 11.7. The maximum absolute atomic E-state index is 13.1. The molecule has 9 heteroatoms. The standard InChI is InChI=1S/C34H36N4O5/c1-8-20-15(2)23-13-28-30(19(6)39)17(4)25(36-28)11-24-16(3)21(9-10-29(40)42-7)32(37-24)22-14-43-34(41)31-18(5)26(38-33(22)31)12-27(20)35-23/h11-13,16,21,37,39H,8-10,14H2,1-7H3/b23-13?,24-11?,26-12?,30-19+,32-22?/t16-,21-/m0/s1. The first-order valence-corrected chi connectivity index (χ1v) is 14.7. The number of carbonyl (C=O) groups excluding carboxylic acids is 2. The maximum atomic E-state index is 13.1. The van der Waals surface area contributed by atoms with Crippen LogP contribution in [0.4, 0.5) is 0 Å². The molecule has 0 aromatic heterocycles. The number of nitrogens with one attached hydrogen (secondary N) is 1. The zero-order valence-corrected chi connectivity index (χ0v) is 25.6. The Balaban J connectivity index is 1.63. The van der Waals surface area contributed by atoms with Crippen molar-refractivity contribution in [3.63, 3.8) is 0 Å². The lowest BCUT2D eigenvalue weighted by Gasteiger charge is -2.23. The average molecular weight is 581 g/mol. The van der Waals surface area contributed by atoms with Crippen LogP contribution in [-0.4, -0.2) is 47.9 Å². The number of fused-ring (bicyclic) bond motifs is 5. The Morgan fingerprint density at radius 3 is 2.49 bits per heavy atom. The largest absolute Gasteiger partial charge is 0.512 e. The van der Waals surface area contributed by atoms with Crippen molar-refractivity contribution >= 4 is 29.1 Å². The number of aliphatic hydroxyl groups excluding tert-OH is 1. The van der Waals surface area contributed by atoms with Crippen molar-refractivity contribution in [3.8, 4) is 0 Å². The maximum Gasteiger partial charge on any atom is 0.341 e. The fourth-order valence-corrected chi connectivity index (χ4v) is 6.76. The minimum Gasteiger partial charge on any atom is -0.512 e. The second-order valence-electron chi connectivity index (χ2n) is 11.6. The molecular formula is C34H36N4O5. The Kier molecular flexibility index (Phi) is 7.07. The van der Waals surface area contributed by atoms with Crippen LogP contribution in [0.3, 0.4) is 0 Å². The SMILES string of the molecule is CCC1=C(C)C2=CC3=NC(=C(C)/C3=C(/C)O)C=C3NC(=C4COC(=O)C5=C(C)C(=CC1=N2)N=C45)[C@@H](CCC(=O)OC)[C@@H]3C. The lowest BCUT2D eigenvalue weighted by Crippen LogP contribution is -2.30. The molecule has 0 aliphatic carbocycles. The molecular weight excluding hydrogens is 544 g/mol. The minimum atomic E-state index is -0.391. The van der Waals surface area contributed by atoms with E-state index in [0.717, 1.165) is 62.8 Å². The molecule has 6 rings (SSSR count). The van der Waals surface area contributed by atoms with Crippen molar-refractivity contribution in [2.75, 3.05) is 13.7 Å². The highest BCUT2D eigenvalue weighted by Crippen LogP contribution is 2.43. The first-order chi connectivity index (χ1) is 20.5. The molecule has 6 heterocycles. The van der Waals surface area contributed by atoms with Gasteiger partial charge in [0, 0.05) is 40.8 Å². The predicted molar refractivity (Wildman–Crippen MR) is 165 cm³/mol. The van der Waals surface area contributed by atoms with Gasteiger partial charge in [-0.1, -0.05) is 13.8 Å². The number of nitrogens with zero attached hydrogens (tertiary/aromatic N) is 3. The van der Waals surface area contributed by atoms with E-state index in [1.807, 2.05) is 39.0 Å². The summed E-state index contributed by atoms with van der Waals surface area (Å²) < 4.78 is 10.7. The van der Waals surface area contributed by atoms with E-state index in [4.69, 9.17) is 24.5 Å². The number of aliphatic hydroxyl groups is 1. The second-order valence-corrected chi connectivity index (χ2v) is 11.6. The Morgan fingerprint density at radius 1 is 1.07 bits per heavy atom. The molecule has 0 aromatic carbocycles. The molecule has 6 aliphatic rings. The van der Waals surface area contributed by atoms with Gasteiger partial charge in [-0.15, -0.1) is 0 Å². The Bertz CT molecular complexity index is 1740. The van der Waals surface area contributed by atoms with Crippen LogP contribution < -0.4 is 5.32 Å². The molecule has 2 N–H and O–H groups in total. The molecule has 8 bridgehead atoms. The van der Waals surface area contributed by atoms with Gasteiger partial charge in [0.15, 0.2) is 0 Å². The van der Waals surface area contributed by atoms with Crippen LogP contribution in [0.25, 0.3) is 0 Å². The Hall–Kier alpha value is -4.53.